The third-order valence-electron chi connectivity index (χ3n) is 6.06. The maximum Gasteiger partial charge on any atom is 3.00 e. The minimum atomic E-state index is -4.38. The predicted octanol–water partition coefficient (Wildman–Crippen LogP) is 5.23. The maximum atomic E-state index is 10.9. The van der Waals surface area contributed by atoms with Gasteiger partial charge in [0.1, 0.15) is 30.4 Å². The van der Waals surface area contributed by atoms with Crippen LogP contribution in [0.4, 0.5) is 0 Å². The first-order valence-corrected chi connectivity index (χ1v) is 16.3. The van der Waals surface area contributed by atoms with Crippen LogP contribution in [0.1, 0.15) is 0 Å². The zero-order chi connectivity index (χ0) is 30.5. The van der Waals surface area contributed by atoms with Crippen LogP contribution in [0.15, 0.2) is 142 Å². The van der Waals surface area contributed by atoms with Gasteiger partial charge in [0, 0.05) is 0 Å². The summed E-state index contributed by atoms with van der Waals surface area (Å²) in [5.41, 5.74) is 0. The molecule has 9 nitrogen and oxygen atoms in total. The number of benzene rings is 6. The summed E-state index contributed by atoms with van der Waals surface area (Å²) in [4.78, 5) is -0.471. The van der Waals surface area contributed by atoms with Gasteiger partial charge in [-0.15, -0.1) is 0 Å². The van der Waals surface area contributed by atoms with Crippen LogP contribution in [0.25, 0.3) is 32.3 Å². The molecule has 6 aromatic carbocycles. The Bertz CT molecular complexity index is 1960. The zero-order valence-corrected chi connectivity index (χ0v) is 25.7. The predicted molar refractivity (Wildman–Crippen MR) is 156 cm³/mol. The van der Waals surface area contributed by atoms with Gasteiger partial charge in [-0.05, 0) is 50.5 Å². The van der Waals surface area contributed by atoms with E-state index in [9.17, 15) is 38.9 Å². The van der Waals surface area contributed by atoms with Crippen molar-refractivity contribution < 1.29 is 56.3 Å². The van der Waals surface area contributed by atoms with Gasteiger partial charge in [0.25, 0.3) is 0 Å². The molecule has 6 aromatic rings. The van der Waals surface area contributed by atoms with Gasteiger partial charge in [-0.25, -0.2) is 25.3 Å². The third kappa shape index (κ3) is 8.48. The van der Waals surface area contributed by atoms with E-state index in [1.54, 1.807) is 109 Å². The molecule has 219 valence electrons. The van der Waals surface area contributed by atoms with Crippen molar-refractivity contribution >= 4 is 62.7 Å². The van der Waals surface area contributed by atoms with Crippen LogP contribution in [0, 0.1) is 0 Å². The van der Waals surface area contributed by atoms with Crippen molar-refractivity contribution in [2.45, 2.75) is 14.7 Å². The fourth-order valence-corrected chi connectivity index (χ4v) is 6.34. The fraction of sp³-hybridized carbons (Fsp3) is 0. The molecule has 13 heteroatoms. The Labute approximate surface area is 259 Å². The summed E-state index contributed by atoms with van der Waals surface area (Å²) in [6.07, 6.45) is 0. The van der Waals surface area contributed by atoms with E-state index >= 15 is 0 Å². The average Bonchev–Trinajstić information content (AvgIpc) is 2.95. The van der Waals surface area contributed by atoms with Gasteiger partial charge in [0.15, 0.2) is 0 Å². The van der Waals surface area contributed by atoms with Gasteiger partial charge in [0.2, 0.25) is 0 Å². The van der Waals surface area contributed by atoms with Crippen molar-refractivity contribution in [1.29, 1.82) is 0 Å². The van der Waals surface area contributed by atoms with Crippen molar-refractivity contribution in [2.24, 2.45) is 0 Å². The third-order valence-corrected chi connectivity index (χ3v) is 8.74. The Morgan fingerprint density at radius 3 is 0.767 bits per heavy atom. The van der Waals surface area contributed by atoms with E-state index < -0.39 is 30.4 Å². The normalized spacial score (nSPS) is 11.5. The van der Waals surface area contributed by atoms with Gasteiger partial charge in [-0.1, -0.05) is 109 Å². The topological polar surface area (TPSA) is 172 Å². The van der Waals surface area contributed by atoms with Gasteiger partial charge >= 0.3 is 17.4 Å². The molecule has 0 unspecified atom stereocenters. The van der Waals surface area contributed by atoms with Gasteiger partial charge in [0.05, 0.1) is 14.7 Å². The molecule has 0 N–H and O–H groups in total. The van der Waals surface area contributed by atoms with Gasteiger partial charge in [-0.2, -0.15) is 0 Å². The Morgan fingerprint density at radius 1 is 0.326 bits per heavy atom. The van der Waals surface area contributed by atoms with E-state index in [1.807, 2.05) is 0 Å². The van der Waals surface area contributed by atoms with Crippen LogP contribution in [-0.4, -0.2) is 38.9 Å². The summed E-state index contributed by atoms with van der Waals surface area (Å²) >= 11 is 0. The first kappa shape index (κ1) is 33.9. The zero-order valence-electron chi connectivity index (χ0n) is 21.9. The minimum Gasteiger partial charge on any atom is -0.744 e. The van der Waals surface area contributed by atoms with Gasteiger partial charge in [-0.3, -0.25) is 0 Å². The molecule has 43 heavy (non-hydrogen) atoms. The Hall–Kier alpha value is -3.64. The molecule has 0 saturated heterocycles. The van der Waals surface area contributed by atoms with E-state index in [0.29, 0.717) is 16.2 Å². The van der Waals surface area contributed by atoms with Crippen LogP contribution in [0.5, 0.6) is 0 Å². The minimum absolute atomic E-state index is 0. The fourth-order valence-electron chi connectivity index (χ4n) is 4.24. The standard InChI is InChI=1S/3C10H8O3S.Cr/c3*11-14(12,13)10-7-3-5-8-4-1-2-6-9(8)10;/h3*1-7H,(H,11,12,13);/q;;;+3/p-3. The second kappa shape index (κ2) is 13.8. The molecular formula is C30H21CrO9S3. The SMILES string of the molecule is O=S(=O)([O-])c1cccc2ccccc12.O=S(=O)([O-])c1cccc2ccccc12.O=S(=O)([O-])c1cccc2ccccc12.[Cr+3]. The number of hydrogen-bond donors (Lipinski definition) is 0. The molecule has 0 aliphatic rings. The van der Waals surface area contributed by atoms with Gasteiger partial charge < -0.3 is 13.7 Å². The molecule has 0 atom stereocenters. The van der Waals surface area contributed by atoms with Crippen LogP contribution in [-0.2, 0) is 47.7 Å². The quantitative estimate of drug-likeness (QED) is 0.228. The molecule has 0 aliphatic heterocycles. The van der Waals surface area contributed by atoms with E-state index in [0.717, 1.165) is 16.2 Å². The monoisotopic (exact) mass is 673 g/mol. The summed E-state index contributed by atoms with van der Waals surface area (Å²) in [7, 11) is -13.1. The molecule has 0 fully saturated rings. The van der Waals surface area contributed by atoms with E-state index in [1.165, 1.54) is 18.2 Å². The molecule has 0 spiro atoms. The summed E-state index contributed by atoms with van der Waals surface area (Å²) < 4.78 is 98.0. The summed E-state index contributed by atoms with van der Waals surface area (Å²) in [5.74, 6) is 0. The molecule has 0 amide bonds. The first-order chi connectivity index (χ1) is 19.8. The Morgan fingerprint density at radius 2 is 0.535 bits per heavy atom. The first-order valence-electron chi connectivity index (χ1n) is 12.1. The van der Waals surface area contributed by atoms with E-state index in [2.05, 4.69) is 0 Å². The number of fused-ring (bicyclic) bond motifs is 3. The molecule has 0 aliphatic carbocycles. The van der Waals surface area contributed by atoms with Crippen LogP contribution in [0.2, 0.25) is 0 Å². The Kier molecular flexibility index (Phi) is 10.8. The molecule has 0 heterocycles. The maximum absolute atomic E-state index is 10.9. The van der Waals surface area contributed by atoms with Crippen molar-refractivity contribution in [3.63, 3.8) is 0 Å². The molecule has 0 aromatic heterocycles. The molecular weight excluding hydrogens is 653 g/mol. The van der Waals surface area contributed by atoms with E-state index in [4.69, 9.17) is 0 Å². The molecule has 6 rings (SSSR count). The van der Waals surface area contributed by atoms with Crippen LogP contribution in [0.3, 0.4) is 0 Å². The summed E-state index contributed by atoms with van der Waals surface area (Å²) in [6, 6.07) is 34.6. The molecule has 0 bridgehead atoms. The summed E-state index contributed by atoms with van der Waals surface area (Å²) in [5, 5.41) is 3.69. The smallest absolute Gasteiger partial charge is 0.744 e. The second-order valence-corrected chi connectivity index (χ2v) is 12.8. The second-order valence-electron chi connectivity index (χ2n) is 8.79. The van der Waals surface area contributed by atoms with Crippen LogP contribution < -0.4 is 0 Å². The number of hydrogen-bond acceptors (Lipinski definition) is 9. The van der Waals surface area contributed by atoms with Crippen molar-refractivity contribution in [3.8, 4) is 0 Å². The summed E-state index contributed by atoms with van der Waals surface area (Å²) in [6.45, 7) is 0. The Balaban J connectivity index is 0.000000175. The van der Waals surface area contributed by atoms with Crippen molar-refractivity contribution in [2.75, 3.05) is 0 Å². The van der Waals surface area contributed by atoms with Crippen LogP contribution >= 0.6 is 0 Å². The number of rotatable bonds is 3. The molecule has 0 saturated carbocycles. The van der Waals surface area contributed by atoms with Crippen molar-refractivity contribution in [1.82, 2.24) is 0 Å². The average molecular weight is 674 g/mol. The molecule has 1 radical (unpaired) electrons. The largest absolute Gasteiger partial charge is 3.00 e. The van der Waals surface area contributed by atoms with E-state index in [-0.39, 0.29) is 32.0 Å². The van der Waals surface area contributed by atoms with Crippen molar-refractivity contribution in [3.05, 3.63) is 127 Å².